The number of benzene rings is 1. The third kappa shape index (κ3) is 5.14. The van der Waals surface area contributed by atoms with Crippen molar-refractivity contribution >= 4 is 27.5 Å². The summed E-state index contributed by atoms with van der Waals surface area (Å²) in [5.74, 6) is 0.751. The number of halogens is 2. The molecule has 0 aliphatic rings. The van der Waals surface area contributed by atoms with Crippen LogP contribution in [0.3, 0.4) is 0 Å². The molecular formula is C13H19BrClNO2. The van der Waals surface area contributed by atoms with Crippen LogP contribution in [-0.2, 0) is 4.74 Å². The van der Waals surface area contributed by atoms with E-state index in [1.807, 2.05) is 19.1 Å². The summed E-state index contributed by atoms with van der Waals surface area (Å²) in [5, 5.41) is 3.93. The molecule has 1 atom stereocenters. The summed E-state index contributed by atoms with van der Waals surface area (Å²) in [7, 11) is 1.69. The molecule has 0 aliphatic carbocycles. The first kappa shape index (κ1) is 15.8. The summed E-state index contributed by atoms with van der Waals surface area (Å²) >= 11 is 9.53. The van der Waals surface area contributed by atoms with Gasteiger partial charge in [-0.2, -0.15) is 0 Å². The minimum Gasteiger partial charge on any atom is -0.490 e. The fourth-order valence-electron chi connectivity index (χ4n) is 1.64. The lowest BCUT2D eigenvalue weighted by atomic mass is 10.2. The van der Waals surface area contributed by atoms with Crippen LogP contribution in [0.1, 0.15) is 12.5 Å². The SMILES string of the molecule is COCC(C)NCCOc1c(C)cc(Br)cc1Cl. The van der Waals surface area contributed by atoms with E-state index < -0.39 is 0 Å². The van der Waals surface area contributed by atoms with Gasteiger partial charge >= 0.3 is 0 Å². The zero-order valence-corrected chi connectivity index (χ0v) is 13.3. The van der Waals surface area contributed by atoms with Crippen LogP contribution < -0.4 is 10.1 Å². The molecule has 3 nitrogen and oxygen atoms in total. The van der Waals surface area contributed by atoms with Gasteiger partial charge in [0, 0.05) is 24.2 Å². The van der Waals surface area contributed by atoms with Gasteiger partial charge in [-0.05, 0) is 31.5 Å². The van der Waals surface area contributed by atoms with Crippen LogP contribution in [-0.4, -0.2) is 32.9 Å². The first-order valence-corrected chi connectivity index (χ1v) is 7.02. The molecule has 0 bridgehead atoms. The Kier molecular flexibility index (Phi) is 7.00. The molecule has 0 aliphatic heterocycles. The van der Waals surface area contributed by atoms with E-state index in [0.29, 0.717) is 24.3 Å². The molecule has 0 radical (unpaired) electrons. The van der Waals surface area contributed by atoms with Gasteiger partial charge in [0.05, 0.1) is 11.6 Å². The molecular weight excluding hydrogens is 318 g/mol. The number of hydrogen-bond acceptors (Lipinski definition) is 3. The second-order valence-corrected chi connectivity index (χ2v) is 5.52. The van der Waals surface area contributed by atoms with Gasteiger partial charge in [0.15, 0.2) is 0 Å². The molecule has 1 aromatic carbocycles. The molecule has 0 saturated carbocycles. The molecule has 18 heavy (non-hydrogen) atoms. The van der Waals surface area contributed by atoms with Crippen molar-refractivity contribution in [3.05, 3.63) is 27.2 Å². The van der Waals surface area contributed by atoms with E-state index in [9.17, 15) is 0 Å². The fraction of sp³-hybridized carbons (Fsp3) is 0.538. The Labute approximate surface area is 122 Å². The lowest BCUT2D eigenvalue weighted by molar-refractivity contribution is 0.169. The summed E-state index contributed by atoms with van der Waals surface area (Å²) in [5.41, 5.74) is 1.03. The molecule has 0 fully saturated rings. The maximum atomic E-state index is 6.13. The largest absolute Gasteiger partial charge is 0.490 e. The number of hydrogen-bond donors (Lipinski definition) is 1. The lowest BCUT2D eigenvalue weighted by Crippen LogP contribution is -2.33. The molecule has 0 spiro atoms. The number of aryl methyl sites for hydroxylation is 1. The average Bonchev–Trinajstić information content (AvgIpc) is 2.27. The molecule has 0 heterocycles. The Bertz CT molecular complexity index is 364. The van der Waals surface area contributed by atoms with Crippen LogP contribution in [0.25, 0.3) is 0 Å². The van der Waals surface area contributed by atoms with Crippen LogP contribution in [0.5, 0.6) is 5.75 Å². The smallest absolute Gasteiger partial charge is 0.140 e. The van der Waals surface area contributed by atoms with Gasteiger partial charge in [-0.3, -0.25) is 0 Å². The third-order valence-corrected chi connectivity index (χ3v) is 3.19. The maximum Gasteiger partial charge on any atom is 0.140 e. The van der Waals surface area contributed by atoms with Gasteiger partial charge in [-0.25, -0.2) is 0 Å². The van der Waals surface area contributed by atoms with E-state index in [4.69, 9.17) is 21.1 Å². The van der Waals surface area contributed by atoms with Gasteiger partial charge in [0.25, 0.3) is 0 Å². The molecule has 1 aromatic rings. The quantitative estimate of drug-likeness (QED) is 0.774. The summed E-state index contributed by atoms with van der Waals surface area (Å²) in [6, 6.07) is 4.15. The Morgan fingerprint density at radius 1 is 1.44 bits per heavy atom. The van der Waals surface area contributed by atoms with Crippen molar-refractivity contribution in [2.24, 2.45) is 0 Å². The number of methoxy groups -OCH3 is 1. The summed E-state index contributed by atoms with van der Waals surface area (Å²) < 4.78 is 11.7. The number of ether oxygens (including phenoxy) is 2. The first-order chi connectivity index (χ1) is 8.54. The van der Waals surface area contributed by atoms with Crippen LogP contribution >= 0.6 is 27.5 Å². The highest BCUT2D eigenvalue weighted by Crippen LogP contribution is 2.31. The number of nitrogens with one attached hydrogen (secondary N) is 1. The van der Waals surface area contributed by atoms with Crippen molar-refractivity contribution in [1.29, 1.82) is 0 Å². The van der Waals surface area contributed by atoms with Crippen molar-refractivity contribution in [3.63, 3.8) is 0 Å². The average molecular weight is 337 g/mol. The third-order valence-electron chi connectivity index (χ3n) is 2.45. The van der Waals surface area contributed by atoms with Gasteiger partial charge < -0.3 is 14.8 Å². The zero-order chi connectivity index (χ0) is 13.5. The van der Waals surface area contributed by atoms with Gasteiger partial charge in [-0.1, -0.05) is 27.5 Å². The van der Waals surface area contributed by atoms with E-state index in [1.54, 1.807) is 7.11 Å². The molecule has 0 amide bonds. The van der Waals surface area contributed by atoms with Crippen molar-refractivity contribution < 1.29 is 9.47 Å². The predicted molar refractivity (Wildman–Crippen MR) is 78.7 cm³/mol. The van der Waals surface area contributed by atoms with Crippen LogP contribution in [0.4, 0.5) is 0 Å². The standard InChI is InChI=1S/C13H19BrClNO2/c1-9-6-11(14)7-12(15)13(9)18-5-4-16-10(2)8-17-3/h6-7,10,16H,4-5,8H2,1-3H3. The van der Waals surface area contributed by atoms with Gasteiger partial charge in [0.1, 0.15) is 12.4 Å². The first-order valence-electron chi connectivity index (χ1n) is 5.85. The predicted octanol–water partition coefficient (Wildman–Crippen LogP) is 3.41. The Balaban J connectivity index is 2.40. The van der Waals surface area contributed by atoms with Gasteiger partial charge in [0.2, 0.25) is 0 Å². The maximum absolute atomic E-state index is 6.13. The summed E-state index contributed by atoms with van der Waals surface area (Å²) in [6.07, 6.45) is 0. The number of rotatable bonds is 7. The summed E-state index contributed by atoms with van der Waals surface area (Å²) in [4.78, 5) is 0. The lowest BCUT2D eigenvalue weighted by Gasteiger charge is -2.15. The molecule has 1 rings (SSSR count). The highest BCUT2D eigenvalue weighted by Gasteiger charge is 2.07. The van der Waals surface area contributed by atoms with E-state index >= 15 is 0 Å². The molecule has 0 saturated heterocycles. The molecule has 0 aromatic heterocycles. The fourth-order valence-corrected chi connectivity index (χ4v) is 2.66. The van der Waals surface area contributed by atoms with E-state index in [0.717, 1.165) is 22.3 Å². The highest BCUT2D eigenvalue weighted by molar-refractivity contribution is 9.10. The highest BCUT2D eigenvalue weighted by atomic mass is 79.9. The Morgan fingerprint density at radius 2 is 2.17 bits per heavy atom. The second-order valence-electron chi connectivity index (χ2n) is 4.19. The minimum absolute atomic E-state index is 0.320. The van der Waals surface area contributed by atoms with Crippen molar-refractivity contribution in [2.45, 2.75) is 19.9 Å². The zero-order valence-electron chi connectivity index (χ0n) is 10.9. The van der Waals surface area contributed by atoms with Crippen molar-refractivity contribution in [3.8, 4) is 5.75 Å². The van der Waals surface area contributed by atoms with Crippen LogP contribution in [0, 0.1) is 6.92 Å². The van der Waals surface area contributed by atoms with Crippen LogP contribution in [0.2, 0.25) is 5.02 Å². The normalized spacial score (nSPS) is 12.5. The van der Waals surface area contributed by atoms with E-state index in [1.165, 1.54) is 0 Å². The minimum atomic E-state index is 0.320. The van der Waals surface area contributed by atoms with Crippen molar-refractivity contribution in [1.82, 2.24) is 5.32 Å². The van der Waals surface area contributed by atoms with Crippen LogP contribution in [0.15, 0.2) is 16.6 Å². The Morgan fingerprint density at radius 3 is 2.78 bits per heavy atom. The Hall–Kier alpha value is -0.290. The van der Waals surface area contributed by atoms with E-state index in [2.05, 4.69) is 28.2 Å². The summed E-state index contributed by atoms with van der Waals surface area (Å²) in [6.45, 7) is 6.08. The molecule has 1 unspecified atom stereocenters. The van der Waals surface area contributed by atoms with Gasteiger partial charge in [-0.15, -0.1) is 0 Å². The topological polar surface area (TPSA) is 30.5 Å². The molecule has 5 heteroatoms. The van der Waals surface area contributed by atoms with Crippen molar-refractivity contribution in [2.75, 3.05) is 26.9 Å². The molecule has 1 N–H and O–H groups in total. The van der Waals surface area contributed by atoms with E-state index in [-0.39, 0.29) is 0 Å². The molecule has 102 valence electrons. The second kappa shape index (κ2) is 8.00. The monoisotopic (exact) mass is 335 g/mol.